The zero-order chi connectivity index (χ0) is 18.8. The summed E-state index contributed by atoms with van der Waals surface area (Å²) in [6, 6.07) is 8.22. The van der Waals surface area contributed by atoms with Gasteiger partial charge in [-0.15, -0.1) is 0 Å². The van der Waals surface area contributed by atoms with Crippen molar-refractivity contribution in [1.82, 2.24) is 19.7 Å². The fourth-order valence-corrected chi connectivity index (χ4v) is 3.54. The molecule has 4 rings (SSSR count). The number of rotatable bonds is 5. The normalized spacial score (nSPS) is 17.3. The first-order valence-corrected chi connectivity index (χ1v) is 9.26. The average Bonchev–Trinajstić information content (AvgIpc) is 3.30. The predicted octanol–water partition coefficient (Wildman–Crippen LogP) is 1.56. The zero-order valence-electron chi connectivity index (χ0n) is 15.4. The van der Waals surface area contributed by atoms with Gasteiger partial charge in [-0.1, -0.05) is 6.07 Å². The topological polar surface area (TPSA) is 103 Å². The Morgan fingerprint density at radius 1 is 1.44 bits per heavy atom. The van der Waals surface area contributed by atoms with Gasteiger partial charge in [0, 0.05) is 50.6 Å². The van der Waals surface area contributed by atoms with Crippen molar-refractivity contribution in [2.45, 2.75) is 25.4 Å². The maximum absolute atomic E-state index is 12.7. The maximum atomic E-state index is 12.7. The summed E-state index contributed by atoms with van der Waals surface area (Å²) in [5, 5.41) is 5.97. The highest BCUT2D eigenvalue weighted by atomic mass is 16.1. The van der Waals surface area contributed by atoms with Crippen molar-refractivity contribution < 1.29 is 4.79 Å². The van der Waals surface area contributed by atoms with Crippen LogP contribution >= 0.6 is 0 Å². The van der Waals surface area contributed by atoms with Crippen LogP contribution in [0.1, 0.15) is 28.9 Å². The van der Waals surface area contributed by atoms with E-state index in [2.05, 4.69) is 31.6 Å². The molecule has 3 aromatic rings. The molecule has 0 aromatic carbocycles. The standard InChI is InChI=1S/C19H25N7O/c1-21-17-16(23-19(24-17)26-8-4-5-14(20)12-26)18(27)22-10-13-9-15-6-2-3-7-25(15)11-13/h2-3,6-7,9,11,14,21H,4-5,8,10,12,20H2,1H3,(H,22,27)(H,23,24). The molecule has 8 nitrogen and oxygen atoms in total. The van der Waals surface area contributed by atoms with Gasteiger partial charge in [0.05, 0.1) is 0 Å². The van der Waals surface area contributed by atoms with Crippen LogP contribution in [0.4, 0.5) is 11.8 Å². The smallest absolute Gasteiger partial charge is 0.271 e. The predicted molar refractivity (Wildman–Crippen MR) is 106 cm³/mol. The molecule has 0 saturated carbocycles. The SMILES string of the molecule is CNc1nc(N2CCCC(N)C2)[nH]c1C(=O)NCc1cc2ccccn2c1. The van der Waals surface area contributed by atoms with Crippen LogP contribution in [0.3, 0.4) is 0 Å². The van der Waals surface area contributed by atoms with Gasteiger partial charge in [-0.05, 0) is 36.6 Å². The number of pyridine rings is 1. The number of nitrogens with one attached hydrogen (secondary N) is 3. The molecule has 0 bridgehead atoms. The van der Waals surface area contributed by atoms with Gasteiger partial charge in [-0.25, -0.2) is 0 Å². The third-order valence-corrected chi connectivity index (χ3v) is 4.93. The summed E-state index contributed by atoms with van der Waals surface area (Å²) in [6.45, 7) is 2.09. The van der Waals surface area contributed by atoms with Crippen molar-refractivity contribution in [2.24, 2.45) is 5.73 Å². The van der Waals surface area contributed by atoms with Gasteiger partial charge in [-0.2, -0.15) is 4.98 Å². The Morgan fingerprint density at radius 2 is 2.33 bits per heavy atom. The molecule has 4 heterocycles. The molecule has 3 aromatic heterocycles. The van der Waals surface area contributed by atoms with Gasteiger partial charge >= 0.3 is 0 Å². The van der Waals surface area contributed by atoms with Crippen LogP contribution < -0.4 is 21.3 Å². The zero-order valence-corrected chi connectivity index (χ0v) is 15.4. The molecule has 0 spiro atoms. The number of nitrogens with two attached hydrogens (primary N) is 1. The van der Waals surface area contributed by atoms with E-state index in [1.165, 1.54) is 0 Å². The molecule has 1 amide bonds. The van der Waals surface area contributed by atoms with Crippen LogP contribution in [-0.2, 0) is 6.54 Å². The summed E-state index contributed by atoms with van der Waals surface area (Å²) in [7, 11) is 1.76. The van der Waals surface area contributed by atoms with Gasteiger partial charge in [-0.3, -0.25) is 4.79 Å². The van der Waals surface area contributed by atoms with E-state index in [9.17, 15) is 4.79 Å². The Hall–Kier alpha value is -3.00. The molecule has 1 unspecified atom stereocenters. The second-order valence-electron chi connectivity index (χ2n) is 6.95. The second kappa shape index (κ2) is 7.32. The van der Waals surface area contributed by atoms with E-state index < -0.39 is 0 Å². The van der Waals surface area contributed by atoms with Crippen LogP contribution in [0.5, 0.6) is 0 Å². The lowest BCUT2D eigenvalue weighted by molar-refractivity contribution is 0.0947. The highest BCUT2D eigenvalue weighted by Crippen LogP contribution is 2.21. The lowest BCUT2D eigenvalue weighted by Crippen LogP contribution is -2.43. The van der Waals surface area contributed by atoms with E-state index in [0.29, 0.717) is 24.0 Å². The van der Waals surface area contributed by atoms with Gasteiger partial charge in [0.1, 0.15) is 5.69 Å². The fourth-order valence-electron chi connectivity index (χ4n) is 3.54. The molecule has 1 saturated heterocycles. The van der Waals surface area contributed by atoms with Gasteiger partial charge in [0.2, 0.25) is 5.95 Å². The minimum atomic E-state index is -0.185. The van der Waals surface area contributed by atoms with E-state index >= 15 is 0 Å². The number of fused-ring (bicyclic) bond motifs is 1. The summed E-state index contributed by atoms with van der Waals surface area (Å²) in [6.07, 6.45) is 6.06. The van der Waals surface area contributed by atoms with Crippen LogP contribution in [-0.4, -0.2) is 46.5 Å². The number of nitrogens with zero attached hydrogens (tertiary/aromatic N) is 3. The van der Waals surface area contributed by atoms with E-state index in [-0.39, 0.29) is 11.9 Å². The Balaban J connectivity index is 1.47. The van der Waals surface area contributed by atoms with E-state index in [1.54, 1.807) is 7.05 Å². The van der Waals surface area contributed by atoms with Crippen molar-refractivity contribution in [2.75, 3.05) is 30.4 Å². The van der Waals surface area contributed by atoms with Crippen molar-refractivity contribution in [1.29, 1.82) is 0 Å². The number of imidazole rings is 1. The second-order valence-corrected chi connectivity index (χ2v) is 6.95. The van der Waals surface area contributed by atoms with Gasteiger partial charge in [0.25, 0.3) is 5.91 Å². The maximum Gasteiger partial charge on any atom is 0.271 e. The summed E-state index contributed by atoms with van der Waals surface area (Å²) in [5.41, 5.74) is 8.65. The minimum Gasteiger partial charge on any atom is -0.371 e. The van der Waals surface area contributed by atoms with Crippen LogP contribution in [0.15, 0.2) is 36.7 Å². The number of amides is 1. The van der Waals surface area contributed by atoms with Crippen molar-refractivity contribution in [3.05, 3.63) is 47.9 Å². The number of aromatic nitrogens is 3. The summed E-state index contributed by atoms with van der Waals surface area (Å²) in [4.78, 5) is 22.5. The Kier molecular flexibility index (Phi) is 4.72. The van der Waals surface area contributed by atoms with E-state index in [0.717, 1.165) is 37.0 Å². The molecule has 5 N–H and O–H groups in total. The highest BCUT2D eigenvalue weighted by Gasteiger charge is 2.23. The quantitative estimate of drug-likeness (QED) is 0.548. The van der Waals surface area contributed by atoms with Crippen LogP contribution in [0.2, 0.25) is 0 Å². The number of hydrogen-bond acceptors (Lipinski definition) is 5. The van der Waals surface area contributed by atoms with E-state index in [4.69, 9.17) is 5.73 Å². The number of anilines is 2. The first-order valence-electron chi connectivity index (χ1n) is 9.26. The molecule has 142 valence electrons. The van der Waals surface area contributed by atoms with Crippen molar-refractivity contribution in [3.8, 4) is 0 Å². The monoisotopic (exact) mass is 367 g/mol. The molecule has 8 heteroatoms. The lowest BCUT2D eigenvalue weighted by Gasteiger charge is -2.30. The van der Waals surface area contributed by atoms with Crippen LogP contribution in [0, 0.1) is 0 Å². The summed E-state index contributed by atoms with van der Waals surface area (Å²) in [5.74, 6) is 1.05. The molecule has 1 atom stereocenters. The molecule has 1 aliphatic rings. The molecule has 0 radical (unpaired) electrons. The molecule has 1 aliphatic heterocycles. The number of hydrogen-bond donors (Lipinski definition) is 4. The molecular formula is C19H25N7O. The number of carbonyl (C=O) groups is 1. The van der Waals surface area contributed by atoms with E-state index in [1.807, 2.05) is 35.0 Å². The minimum absolute atomic E-state index is 0.142. The average molecular weight is 367 g/mol. The molecular weight excluding hydrogens is 342 g/mol. The first-order chi connectivity index (χ1) is 13.1. The summed E-state index contributed by atoms with van der Waals surface area (Å²) < 4.78 is 2.04. The molecule has 27 heavy (non-hydrogen) atoms. The lowest BCUT2D eigenvalue weighted by atomic mass is 10.1. The Bertz CT molecular complexity index is 912. The van der Waals surface area contributed by atoms with Crippen molar-refractivity contribution in [3.63, 3.8) is 0 Å². The van der Waals surface area contributed by atoms with Gasteiger partial charge in [0.15, 0.2) is 5.82 Å². The largest absolute Gasteiger partial charge is 0.371 e. The number of piperidine rings is 1. The third-order valence-electron chi connectivity index (χ3n) is 4.93. The van der Waals surface area contributed by atoms with Gasteiger partial charge < -0.3 is 30.7 Å². The molecule has 0 aliphatic carbocycles. The number of H-pyrrole nitrogens is 1. The first kappa shape index (κ1) is 17.4. The Morgan fingerprint density at radius 3 is 3.11 bits per heavy atom. The van der Waals surface area contributed by atoms with Crippen LogP contribution in [0.25, 0.3) is 5.52 Å². The highest BCUT2D eigenvalue weighted by molar-refractivity contribution is 5.97. The third kappa shape index (κ3) is 3.61. The number of carbonyl (C=O) groups excluding carboxylic acids is 1. The summed E-state index contributed by atoms with van der Waals surface area (Å²) >= 11 is 0. The molecule has 1 fully saturated rings. The fraction of sp³-hybridized carbons (Fsp3) is 0.368. The van der Waals surface area contributed by atoms with Crippen molar-refractivity contribution >= 4 is 23.2 Å². The number of aromatic amines is 1. The Labute approximate surface area is 157 Å².